The molecule has 1 saturated heterocycles. The van der Waals surface area contributed by atoms with Gasteiger partial charge in [0, 0.05) is 36.8 Å². The number of nitrogens with zero attached hydrogens (tertiary/aromatic N) is 5. The molecule has 31 heavy (non-hydrogen) atoms. The molecule has 0 atom stereocenters. The molecule has 1 aliphatic carbocycles. The summed E-state index contributed by atoms with van der Waals surface area (Å²) in [5, 5.41) is 12.9. The van der Waals surface area contributed by atoms with Gasteiger partial charge in [0.1, 0.15) is 17.3 Å². The van der Waals surface area contributed by atoms with Crippen LogP contribution in [0.1, 0.15) is 64.0 Å². The zero-order valence-electron chi connectivity index (χ0n) is 17.9. The molecule has 2 aromatic rings. The number of piperidine rings is 1. The maximum Gasteiger partial charge on any atom is 0.270 e. The highest BCUT2D eigenvalue weighted by molar-refractivity contribution is 7.89. The average Bonchev–Trinajstić information content (AvgIpc) is 3.28. The van der Waals surface area contributed by atoms with Crippen LogP contribution < -0.4 is 10.9 Å². The lowest BCUT2D eigenvalue weighted by Gasteiger charge is -2.32. The molecule has 1 saturated carbocycles. The molecule has 0 unspecified atom stereocenters. The predicted octanol–water partition coefficient (Wildman–Crippen LogP) is 2.39. The van der Waals surface area contributed by atoms with Crippen molar-refractivity contribution in [1.82, 2.24) is 18.8 Å². The third-order valence-electron chi connectivity index (χ3n) is 6.33. The van der Waals surface area contributed by atoms with Gasteiger partial charge in [-0.15, -0.1) is 0 Å². The van der Waals surface area contributed by atoms with Crippen molar-refractivity contribution < 1.29 is 8.42 Å². The molecule has 2 aliphatic rings. The molecule has 0 amide bonds. The van der Waals surface area contributed by atoms with Crippen molar-refractivity contribution in [3.8, 4) is 6.07 Å². The fourth-order valence-electron chi connectivity index (χ4n) is 4.51. The number of nitriles is 1. The van der Waals surface area contributed by atoms with Crippen LogP contribution in [0.4, 0.5) is 5.95 Å². The number of sulfonamides is 1. The molecule has 2 fully saturated rings. The van der Waals surface area contributed by atoms with Gasteiger partial charge in [-0.05, 0) is 45.6 Å². The van der Waals surface area contributed by atoms with Crippen LogP contribution >= 0.6 is 0 Å². The predicted molar refractivity (Wildman–Crippen MR) is 118 cm³/mol. The Morgan fingerprint density at radius 1 is 1.19 bits per heavy atom. The zero-order chi connectivity index (χ0) is 22.2. The van der Waals surface area contributed by atoms with Crippen LogP contribution in [0.25, 0.3) is 11.0 Å². The third kappa shape index (κ3) is 4.16. The number of rotatable bonds is 5. The van der Waals surface area contributed by atoms with Crippen molar-refractivity contribution in [1.29, 1.82) is 5.26 Å². The average molecular weight is 445 g/mol. The number of pyridine rings is 1. The summed E-state index contributed by atoms with van der Waals surface area (Å²) in [6, 6.07) is 3.66. The topological polar surface area (TPSA) is 121 Å². The zero-order valence-corrected chi connectivity index (χ0v) is 18.7. The monoisotopic (exact) mass is 444 g/mol. The Morgan fingerprint density at radius 3 is 2.48 bits per heavy atom. The van der Waals surface area contributed by atoms with Gasteiger partial charge in [0.25, 0.3) is 5.56 Å². The molecule has 166 valence electrons. The van der Waals surface area contributed by atoms with E-state index >= 15 is 0 Å². The minimum atomic E-state index is -3.24. The van der Waals surface area contributed by atoms with Crippen molar-refractivity contribution in [2.45, 2.75) is 69.7 Å². The summed E-state index contributed by atoms with van der Waals surface area (Å²) in [6.45, 7) is 4.32. The van der Waals surface area contributed by atoms with Crippen molar-refractivity contribution in [2.24, 2.45) is 0 Å². The molecular weight excluding hydrogens is 416 g/mol. The molecule has 0 radical (unpaired) electrons. The van der Waals surface area contributed by atoms with Crippen LogP contribution in [0, 0.1) is 11.3 Å². The Bertz CT molecular complexity index is 1170. The highest BCUT2D eigenvalue weighted by atomic mass is 32.2. The minimum Gasteiger partial charge on any atom is -0.351 e. The number of hydrogen-bond acceptors (Lipinski definition) is 7. The molecule has 1 N–H and O–H groups in total. The normalized spacial score (nSPS) is 19.2. The maximum absolute atomic E-state index is 12.9. The third-order valence-corrected chi connectivity index (χ3v) is 8.60. The Kier molecular flexibility index (Phi) is 5.99. The van der Waals surface area contributed by atoms with Gasteiger partial charge in [-0.2, -0.15) is 10.2 Å². The lowest BCUT2D eigenvalue weighted by Crippen LogP contribution is -2.45. The molecule has 0 spiro atoms. The lowest BCUT2D eigenvalue weighted by atomic mass is 10.1. The molecule has 3 heterocycles. The van der Waals surface area contributed by atoms with E-state index in [1.807, 2.05) is 6.07 Å². The quantitative estimate of drug-likeness (QED) is 0.751. The van der Waals surface area contributed by atoms with Crippen LogP contribution in [0.3, 0.4) is 0 Å². The van der Waals surface area contributed by atoms with Crippen LogP contribution in [-0.4, -0.2) is 51.6 Å². The van der Waals surface area contributed by atoms with Gasteiger partial charge in [0.15, 0.2) is 0 Å². The largest absolute Gasteiger partial charge is 0.351 e. The van der Waals surface area contributed by atoms with E-state index < -0.39 is 15.3 Å². The number of anilines is 1. The Hall–Kier alpha value is -2.51. The first-order chi connectivity index (χ1) is 14.8. The Labute approximate surface area is 182 Å². The van der Waals surface area contributed by atoms with Crippen molar-refractivity contribution >= 4 is 27.0 Å². The van der Waals surface area contributed by atoms with E-state index in [1.54, 1.807) is 35.0 Å². The van der Waals surface area contributed by atoms with Crippen LogP contribution in [0.2, 0.25) is 0 Å². The standard InChI is InChI=1S/C21H28N6O3S/c1-14(2)31(29,30)26-9-7-17(8-10-26)24-21-23-13-16-11-15(12-22)20(28)27(19(16)25-21)18-5-3-4-6-18/h11,13-14,17-18H,3-10H2,1-2H3,(H,23,24,25). The Morgan fingerprint density at radius 2 is 1.87 bits per heavy atom. The molecule has 1 aliphatic heterocycles. The number of nitrogens with one attached hydrogen (secondary N) is 1. The van der Waals surface area contributed by atoms with Gasteiger partial charge in [0.2, 0.25) is 16.0 Å². The van der Waals surface area contributed by atoms with E-state index in [-0.39, 0.29) is 23.2 Å². The van der Waals surface area contributed by atoms with Gasteiger partial charge in [-0.1, -0.05) is 12.8 Å². The molecule has 0 bridgehead atoms. The fraction of sp³-hybridized carbons (Fsp3) is 0.619. The molecule has 10 heteroatoms. The second-order valence-electron chi connectivity index (χ2n) is 8.67. The van der Waals surface area contributed by atoms with Crippen LogP contribution in [-0.2, 0) is 10.0 Å². The van der Waals surface area contributed by atoms with E-state index in [9.17, 15) is 18.5 Å². The van der Waals surface area contributed by atoms with Crippen molar-refractivity contribution in [3.63, 3.8) is 0 Å². The lowest BCUT2D eigenvalue weighted by molar-refractivity contribution is 0.326. The molecule has 0 aromatic carbocycles. The van der Waals surface area contributed by atoms with E-state index in [4.69, 9.17) is 0 Å². The van der Waals surface area contributed by atoms with Gasteiger partial charge < -0.3 is 5.32 Å². The molecule has 4 rings (SSSR count). The smallest absolute Gasteiger partial charge is 0.270 e. The van der Waals surface area contributed by atoms with E-state index in [2.05, 4.69) is 15.3 Å². The molecule has 9 nitrogen and oxygen atoms in total. The molecule has 2 aromatic heterocycles. The summed E-state index contributed by atoms with van der Waals surface area (Å²) in [5.41, 5.74) is 0.370. The SMILES string of the molecule is CC(C)S(=O)(=O)N1CCC(Nc2ncc3cc(C#N)c(=O)n(C4CCCC4)c3n2)CC1. The van der Waals surface area contributed by atoms with Gasteiger partial charge >= 0.3 is 0 Å². The number of fused-ring (bicyclic) bond motifs is 1. The van der Waals surface area contributed by atoms with E-state index in [0.717, 1.165) is 25.7 Å². The van der Waals surface area contributed by atoms with Crippen molar-refractivity contribution in [3.05, 3.63) is 28.2 Å². The van der Waals surface area contributed by atoms with Gasteiger partial charge in [-0.3, -0.25) is 9.36 Å². The second-order valence-corrected chi connectivity index (χ2v) is 11.2. The number of hydrogen-bond donors (Lipinski definition) is 1. The fourth-order valence-corrected chi connectivity index (χ4v) is 5.82. The highest BCUT2D eigenvalue weighted by Gasteiger charge is 2.30. The first kappa shape index (κ1) is 21.7. The Balaban J connectivity index is 1.58. The van der Waals surface area contributed by atoms with E-state index in [0.29, 0.717) is 42.9 Å². The summed E-state index contributed by atoms with van der Waals surface area (Å²) in [4.78, 5) is 21.9. The first-order valence-corrected chi connectivity index (χ1v) is 12.4. The van der Waals surface area contributed by atoms with Gasteiger partial charge in [0.05, 0.1) is 5.25 Å². The minimum absolute atomic E-state index is 0.0514. The maximum atomic E-state index is 12.9. The summed E-state index contributed by atoms with van der Waals surface area (Å²) < 4.78 is 28.0. The van der Waals surface area contributed by atoms with Crippen LogP contribution in [0.5, 0.6) is 0 Å². The van der Waals surface area contributed by atoms with Crippen molar-refractivity contribution in [2.75, 3.05) is 18.4 Å². The molecular formula is C21H28N6O3S. The summed E-state index contributed by atoms with van der Waals surface area (Å²) in [5.74, 6) is 0.425. The van der Waals surface area contributed by atoms with Crippen LogP contribution in [0.15, 0.2) is 17.1 Å². The van der Waals surface area contributed by atoms with Gasteiger partial charge in [-0.25, -0.2) is 17.7 Å². The summed E-state index contributed by atoms with van der Waals surface area (Å²) in [7, 11) is -3.24. The summed E-state index contributed by atoms with van der Waals surface area (Å²) in [6.07, 6.45) is 6.90. The number of aromatic nitrogens is 3. The van der Waals surface area contributed by atoms with E-state index in [1.165, 1.54) is 0 Å². The summed E-state index contributed by atoms with van der Waals surface area (Å²) >= 11 is 0. The highest BCUT2D eigenvalue weighted by Crippen LogP contribution is 2.31. The second kappa shape index (κ2) is 8.55. The first-order valence-electron chi connectivity index (χ1n) is 10.9.